The van der Waals surface area contributed by atoms with Gasteiger partial charge in [-0.1, -0.05) is 44.5 Å². The van der Waals surface area contributed by atoms with Gasteiger partial charge in [0.15, 0.2) is 0 Å². The van der Waals surface area contributed by atoms with Crippen LogP contribution in [-0.4, -0.2) is 0 Å². The summed E-state index contributed by atoms with van der Waals surface area (Å²) < 4.78 is 0. The molecule has 1 aliphatic carbocycles. The molecule has 0 spiro atoms. The summed E-state index contributed by atoms with van der Waals surface area (Å²) >= 11 is 0. The Morgan fingerprint density at radius 2 is 1.68 bits per heavy atom. The van der Waals surface area contributed by atoms with Gasteiger partial charge < -0.3 is 5.73 Å². The van der Waals surface area contributed by atoms with Crippen molar-refractivity contribution in [2.75, 3.05) is 0 Å². The van der Waals surface area contributed by atoms with Gasteiger partial charge in [0, 0.05) is 5.54 Å². The van der Waals surface area contributed by atoms with E-state index < -0.39 is 0 Å². The van der Waals surface area contributed by atoms with E-state index in [1.807, 2.05) is 0 Å². The van der Waals surface area contributed by atoms with Crippen LogP contribution in [0.1, 0.15) is 63.1 Å². The normalized spacial score (nSPS) is 28.4. The lowest BCUT2D eigenvalue weighted by Crippen LogP contribution is -2.43. The lowest BCUT2D eigenvalue weighted by molar-refractivity contribution is 0.133. The Bertz CT molecular complexity index is 445. The van der Waals surface area contributed by atoms with Crippen molar-refractivity contribution >= 4 is 0 Å². The molecule has 1 aliphatic rings. The predicted molar refractivity (Wildman–Crippen MR) is 83.2 cm³/mol. The summed E-state index contributed by atoms with van der Waals surface area (Å²) in [4.78, 5) is 0. The molecule has 0 amide bonds. The van der Waals surface area contributed by atoms with Gasteiger partial charge in [0.2, 0.25) is 0 Å². The van der Waals surface area contributed by atoms with Crippen molar-refractivity contribution in [2.45, 2.75) is 65.8 Å². The van der Waals surface area contributed by atoms with E-state index in [-0.39, 0.29) is 5.54 Å². The first-order valence-corrected chi connectivity index (χ1v) is 7.59. The highest BCUT2D eigenvalue weighted by molar-refractivity contribution is 5.36. The largest absolute Gasteiger partial charge is 0.321 e. The third-order valence-corrected chi connectivity index (χ3v) is 5.02. The van der Waals surface area contributed by atoms with Crippen LogP contribution in [0.5, 0.6) is 0 Å². The summed E-state index contributed by atoms with van der Waals surface area (Å²) in [6, 6.07) is 6.72. The number of benzene rings is 1. The van der Waals surface area contributed by atoms with E-state index in [0.717, 1.165) is 18.8 Å². The summed E-state index contributed by atoms with van der Waals surface area (Å²) in [5, 5.41) is 0. The molecule has 1 fully saturated rings. The maximum absolute atomic E-state index is 6.74. The van der Waals surface area contributed by atoms with Gasteiger partial charge >= 0.3 is 0 Å². The van der Waals surface area contributed by atoms with Crippen molar-refractivity contribution in [3.63, 3.8) is 0 Å². The van der Waals surface area contributed by atoms with Crippen molar-refractivity contribution in [3.8, 4) is 0 Å². The highest BCUT2D eigenvalue weighted by atomic mass is 14.8. The number of rotatable bonds is 1. The predicted octanol–water partition coefficient (Wildman–Crippen LogP) is 4.69. The third-order valence-electron chi connectivity index (χ3n) is 5.02. The number of nitrogens with two attached hydrogens (primary N) is 1. The zero-order valence-electron chi connectivity index (χ0n) is 13.2. The molecule has 106 valence electrons. The topological polar surface area (TPSA) is 26.0 Å². The van der Waals surface area contributed by atoms with Gasteiger partial charge in [-0.25, -0.2) is 0 Å². The van der Waals surface area contributed by atoms with E-state index >= 15 is 0 Å². The average Bonchev–Trinajstić information content (AvgIpc) is 2.27. The standard InChI is InChI=1S/C18H29N/c1-13-6-7-16(14(2)12-13)18(19)10-8-15(9-11-18)17(3,4)5/h6-7,12,15H,8-11,19H2,1-5H3. The van der Waals surface area contributed by atoms with Gasteiger partial charge in [0.1, 0.15) is 0 Å². The zero-order chi connectivity index (χ0) is 14.3. The van der Waals surface area contributed by atoms with E-state index in [2.05, 4.69) is 52.8 Å². The Hall–Kier alpha value is -0.820. The monoisotopic (exact) mass is 259 g/mol. The highest BCUT2D eigenvalue weighted by Crippen LogP contribution is 2.44. The molecule has 1 aromatic carbocycles. The Kier molecular flexibility index (Phi) is 3.79. The fourth-order valence-electron chi connectivity index (χ4n) is 3.64. The fraction of sp³-hybridized carbons (Fsp3) is 0.667. The molecular formula is C18H29N. The first kappa shape index (κ1) is 14.6. The van der Waals surface area contributed by atoms with Crippen molar-refractivity contribution in [2.24, 2.45) is 17.1 Å². The van der Waals surface area contributed by atoms with E-state index in [1.165, 1.54) is 29.5 Å². The van der Waals surface area contributed by atoms with Gasteiger partial charge in [0.05, 0.1) is 0 Å². The van der Waals surface area contributed by atoms with Crippen LogP contribution in [0.15, 0.2) is 18.2 Å². The lowest BCUT2D eigenvalue weighted by atomic mass is 9.65. The van der Waals surface area contributed by atoms with Crippen LogP contribution >= 0.6 is 0 Å². The minimum absolute atomic E-state index is 0.0977. The number of hydrogen-bond acceptors (Lipinski definition) is 1. The van der Waals surface area contributed by atoms with Crippen LogP contribution in [0, 0.1) is 25.2 Å². The van der Waals surface area contributed by atoms with Crippen molar-refractivity contribution in [1.82, 2.24) is 0 Å². The van der Waals surface area contributed by atoms with Gasteiger partial charge in [-0.2, -0.15) is 0 Å². The molecule has 0 saturated heterocycles. The van der Waals surface area contributed by atoms with Gasteiger partial charge in [-0.05, 0) is 62.0 Å². The Morgan fingerprint density at radius 1 is 1.11 bits per heavy atom. The maximum Gasteiger partial charge on any atom is 0.0412 e. The molecule has 0 aliphatic heterocycles. The smallest absolute Gasteiger partial charge is 0.0412 e. The molecule has 2 N–H and O–H groups in total. The molecule has 1 nitrogen and oxygen atoms in total. The first-order valence-electron chi connectivity index (χ1n) is 7.59. The highest BCUT2D eigenvalue weighted by Gasteiger charge is 2.37. The SMILES string of the molecule is Cc1ccc(C2(N)CCC(C(C)(C)C)CC2)c(C)c1. The summed E-state index contributed by atoms with van der Waals surface area (Å²) in [5.74, 6) is 0.815. The molecule has 2 rings (SSSR count). The van der Waals surface area contributed by atoms with E-state index in [0.29, 0.717) is 5.41 Å². The molecule has 0 heterocycles. The average molecular weight is 259 g/mol. The lowest BCUT2D eigenvalue weighted by Gasteiger charge is -2.43. The van der Waals surface area contributed by atoms with Crippen molar-refractivity contribution < 1.29 is 0 Å². The summed E-state index contributed by atoms with van der Waals surface area (Å²) in [7, 11) is 0. The van der Waals surface area contributed by atoms with Gasteiger partial charge in [-0.15, -0.1) is 0 Å². The molecule has 0 bridgehead atoms. The van der Waals surface area contributed by atoms with Crippen LogP contribution < -0.4 is 5.73 Å². The van der Waals surface area contributed by atoms with Crippen LogP contribution in [0.4, 0.5) is 0 Å². The molecule has 0 aromatic heterocycles. The molecular weight excluding hydrogens is 230 g/mol. The second kappa shape index (κ2) is 4.94. The Morgan fingerprint density at radius 3 is 2.16 bits per heavy atom. The second-order valence-electron chi connectivity index (χ2n) is 7.61. The van der Waals surface area contributed by atoms with Gasteiger partial charge in [0.25, 0.3) is 0 Å². The number of aryl methyl sites for hydroxylation is 2. The van der Waals surface area contributed by atoms with E-state index in [1.54, 1.807) is 0 Å². The van der Waals surface area contributed by atoms with Crippen molar-refractivity contribution in [3.05, 3.63) is 34.9 Å². The van der Waals surface area contributed by atoms with Crippen LogP contribution in [0.3, 0.4) is 0 Å². The molecule has 0 unspecified atom stereocenters. The zero-order valence-corrected chi connectivity index (χ0v) is 13.2. The number of hydrogen-bond donors (Lipinski definition) is 1. The second-order valence-corrected chi connectivity index (χ2v) is 7.61. The first-order chi connectivity index (χ1) is 8.72. The molecule has 1 saturated carbocycles. The van der Waals surface area contributed by atoms with Crippen LogP contribution in [-0.2, 0) is 5.54 Å². The molecule has 0 atom stereocenters. The third kappa shape index (κ3) is 3.02. The molecule has 0 radical (unpaired) electrons. The minimum Gasteiger partial charge on any atom is -0.321 e. The molecule has 1 aromatic rings. The maximum atomic E-state index is 6.74. The summed E-state index contributed by atoms with van der Waals surface area (Å²) in [6.07, 6.45) is 4.76. The van der Waals surface area contributed by atoms with Gasteiger partial charge in [-0.3, -0.25) is 0 Å². The Labute approximate surface area is 118 Å². The summed E-state index contributed by atoms with van der Waals surface area (Å²) in [5.41, 5.74) is 11.1. The quantitative estimate of drug-likeness (QED) is 0.777. The minimum atomic E-state index is -0.0977. The summed E-state index contributed by atoms with van der Waals surface area (Å²) in [6.45, 7) is 11.4. The molecule has 1 heteroatoms. The van der Waals surface area contributed by atoms with Crippen LogP contribution in [0.2, 0.25) is 0 Å². The van der Waals surface area contributed by atoms with Crippen molar-refractivity contribution in [1.29, 1.82) is 0 Å². The van der Waals surface area contributed by atoms with E-state index in [9.17, 15) is 0 Å². The van der Waals surface area contributed by atoms with E-state index in [4.69, 9.17) is 5.73 Å². The van der Waals surface area contributed by atoms with Crippen LogP contribution in [0.25, 0.3) is 0 Å². The fourth-order valence-corrected chi connectivity index (χ4v) is 3.64. The Balaban J connectivity index is 2.18. The molecule has 19 heavy (non-hydrogen) atoms.